The smallest absolute Gasteiger partial charge is 0.471 e. The summed E-state index contributed by atoms with van der Waals surface area (Å²) in [6.07, 6.45) is -5.11. The van der Waals surface area contributed by atoms with Crippen molar-refractivity contribution < 1.29 is 37.0 Å². The summed E-state index contributed by atoms with van der Waals surface area (Å²) in [7, 11) is 0. The number of nitrogens with one attached hydrogen (secondary N) is 3. The molecule has 2 aromatic carbocycles. The fraction of sp³-hybridized carbons (Fsp3) is 0.304. The Balaban J connectivity index is 1.52. The summed E-state index contributed by atoms with van der Waals surface area (Å²) in [6.45, 7) is 0.881. The highest BCUT2D eigenvalue weighted by atomic mass is 19.4. The molecule has 1 atom stereocenters. The monoisotopic (exact) mass is 492 g/mol. The van der Waals surface area contributed by atoms with Gasteiger partial charge in [-0.3, -0.25) is 19.8 Å². The molecule has 0 aliphatic carbocycles. The molecule has 0 saturated carbocycles. The van der Waals surface area contributed by atoms with Crippen LogP contribution in [-0.2, 0) is 14.3 Å². The first-order valence-electron chi connectivity index (χ1n) is 10.6. The van der Waals surface area contributed by atoms with Gasteiger partial charge in [0.1, 0.15) is 11.6 Å². The Morgan fingerprint density at radius 2 is 1.71 bits per heavy atom. The molecule has 1 aliphatic heterocycles. The van der Waals surface area contributed by atoms with Crippen molar-refractivity contribution in [3.05, 3.63) is 65.7 Å². The maximum atomic E-state index is 12.6. The topological polar surface area (TPSA) is 121 Å². The number of carbonyl (C=O) groups excluding carboxylic acids is 3. The van der Waals surface area contributed by atoms with Crippen LogP contribution in [0.3, 0.4) is 0 Å². The second-order valence-corrected chi connectivity index (χ2v) is 7.53. The van der Waals surface area contributed by atoms with E-state index in [1.54, 1.807) is 29.2 Å². The fourth-order valence-corrected chi connectivity index (χ4v) is 3.25. The van der Waals surface area contributed by atoms with Crippen LogP contribution in [0.15, 0.2) is 54.6 Å². The highest BCUT2D eigenvalue weighted by Gasteiger charge is 2.39. The number of halogens is 3. The van der Waals surface area contributed by atoms with Crippen LogP contribution in [0.5, 0.6) is 5.75 Å². The first kappa shape index (κ1) is 25.7. The third kappa shape index (κ3) is 7.27. The van der Waals surface area contributed by atoms with Gasteiger partial charge in [-0.1, -0.05) is 30.3 Å². The van der Waals surface area contributed by atoms with Gasteiger partial charge < -0.3 is 25.0 Å². The quantitative estimate of drug-likeness (QED) is 0.402. The number of morpholine rings is 1. The largest absolute Gasteiger partial charge is 0.484 e. The molecule has 0 bridgehead atoms. The molecular weight excluding hydrogens is 469 g/mol. The van der Waals surface area contributed by atoms with Gasteiger partial charge in [0.25, 0.3) is 11.8 Å². The molecule has 1 heterocycles. The maximum Gasteiger partial charge on any atom is 0.471 e. The van der Waals surface area contributed by atoms with Gasteiger partial charge in [-0.05, 0) is 24.3 Å². The Labute approximate surface area is 198 Å². The molecule has 1 aliphatic rings. The van der Waals surface area contributed by atoms with Crippen molar-refractivity contribution >= 4 is 23.6 Å². The standard InChI is InChI=1S/C23H23F3N4O5/c24-23(25,26)22(33)29-20(27)15-6-8-16(9-7-15)21(32)28-12-17-13-34-11-10-30(17)19(31)14-35-18-4-2-1-3-5-18/h1-9,17H,10-14H2,(H,28,32)(H2,27,29,33). The number of rotatable bonds is 7. The molecule has 1 fully saturated rings. The van der Waals surface area contributed by atoms with E-state index in [0.29, 0.717) is 18.9 Å². The number of carbonyl (C=O) groups is 3. The first-order chi connectivity index (χ1) is 16.6. The number of hydrogen-bond acceptors (Lipinski definition) is 6. The number of para-hydroxylation sites is 1. The van der Waals surface area contributed by atoms with Crippen LogP contribution in [0.4, 0.5) is 13.2 Å². The van der Waals surface area contributed by atoms with Crippen molar-refractivity contribution in [3.8, 4) is 5.75 Å². The van der Waals surface area contributed by atoms with Crippen LogP contribution in [0.1, 0.15) is 15.9 Å². The fourth-order valence-electron chi connectivity index (χ4n) is 3.25. The second kappa shape index (κ2) is 11.5. The number of nitrogens with zero attached hydrogens (tertiary/aromatic N) is 1. The molecule has 0 spiro atoms. The van der Waals surface area contributed by atoms with Crippen molar-refractivity contribution in [1.29, 1.82) is 5.41 Å². The van der Waals surface area contributed by atoms with Gasteiger partial charge in [0, 0.05) is 24.2 Å². The SMILES string of the molecule is N=C(NC(=O)C(F)(F)F)c1ccc(C(=O)NCC2COCCN2C(=O)COc2ccccc2)cc1. The Hall–Kier alpha value is -3.93. The lowest BCUT2D eigenvalue weighted by Crippen LogP contribution is -2.54. The van der Waals surface area contributed by atoms with Crippen LogP contribution in [0, 0.1) is 5.41 Å². The zero-order chi connectivity index (χ0) is 25.4. The minimum atomic E-state index is -5.11. The van der Waals surface area contributed by atoms with Gasteiger partial charge in [0.2, 0.25) is 0 Å². The first-order valence-corrected chi connectivity index (χ1v) is 10.6. The Morgan fingerprint density at radius 3 is 2.37 bits per heavy atom. The van der Waals surface area contributed by atoms with Crippen LogP contribution in [-0.4, -0.2) is 73.6 Å². The zero-order valence-electron chi connectivity index (χ0n) is 18.4. The lowest BCUT2D eigenvalue weighted by Gasteiger charge is -2.35. The minimum Gasteiger partial charge on any atom is -0.484 e. The number of ether oxygens (including phenoxy) is 2. The summed E-state index contributed by atoms with van der Waals surface area (Å²) in [4.78, 5) is 37.7. The van der Waals surface area contributed by atoms with E-state index in [1.807, 2.05) is 6.07 Å². The molecular formula is C23H23F3N4O5. The molecule has 0 aromatic heterocycles. The minimum absolute atomic E-state index is 0.00461. The highest BCUT2D eigenvalue weighted by molar-refractivity contribution is 6.08. The van der Waals surface area contributed by atoms with Gasteiger partial charge in [-0.15, -0.1) is 0 Å². The molecule has 35 heavy (non-hydrogen) atoms. The summed E-state index contributed by atoms with van der Waals surface area (Å²) >= 11 is 0. The van der Waals surface area contributed by atoms with E-state index < -0.39 is 29.9 Å². The normalized spacial score (nSPS) is 15.7. The average Bonchev–Trinajstić information content (AvgIpc) is 2.86. The van der Waals surface area contributed by atoms with Crippen LogP contribution in [0.25, 0.3) is 0 Å². The summed E-state index contributed by atoms with van der Waals surface area (Å²) in [5.74, 6) is -3.17. The van der Waals surface area contributed by atoms with E-state index >= 15 is 0 Å². The van der Waals surface area contributed by atoms with E-state index in [1.165, 1.54) is 29.6 Å². The summed E-state index contributed by atoms with van der Waals surface area (Å²) in [5.41, 5.74) is 0.181. The summed E-state index contributed by atoms with van der Waals surface area (Å²) < 4.78 is 47.9. The zero-order valence-corrected chi connectivity index (χ0v) is 18.4. The highest BCUT2D eigenvalue weighted by Crippen LogP contribution is 2.15. The van der Waals surface area contributed by atoms with E-state index in [0.717, 1.165) is 0 Å². The van der Waals surface area contributed by atoms with Crippen molar-refractivity contribution in [2.45, 2.75) is 12.2 Å². The predicted molar refractivity (Wildman–Crippen MR) is 118 cm³/mol. The Morgan fingerprint density at radius 1 is 1.06 bits per heavy atom. The molecule has 0 radical (unpaired) electrons. The molecule has 9 nitrogen and oxygen atoms in total. The van der Waals surface area contributed by atoms with Crippen molar-refractivity contribution in [1.82, 2.24) is 15.5 Å². The number of hydrogen-bond donors (Lipinski definition) is 3. The third-order valence-electron chi connectivity index (χ3n) is 5.08. The Bertz CT molecular complexity index is 1060. The molecule has 3 N–H and O–H groups in total. The molecule has 1 saturated heterocycles. The number of benzene rings is 2. The molecule has 3 rings (SSSR count). The van der Waals surface area contributed by atoms with Gasteiger partial charge in [0.05, 0.1) is 19.3 Å². The van der Waals surface area contributed by atoms with Crippen LogP contribution < -0.4 is 15.4 Å². The van der Waals surface area contributed by atoms with Crippen molar-refractivity contribution in [2.24, 2.45) is 0 Å². The average molecular weight is 492 g/mol. The molecule has 1 unspecified atom stereocenters. The van der Waals surface area contributed by atoms with Crippen molar-refractivity contribution in [3.63, 3.8) is 0 Å². The molecule has 186 valence electrons. The summed E-state index contributed by atoms with van der Waals surface area (Å²) in [6, 6.07) is 13.6. The Kier molecular flexibility index (Phi) is 8.42. The number of amides is 3. The van der Waals surface area contributed by atoms with Gasteiger partial charge in [-0.25, -0.2) is 0 Å². The number of alkyl halides is 3. The van der Waals surface area contributed by atoms with Crippen LogP contribution in [0.2, 0.25) is 0 Å². The van der Waals surface area contributed by atoms with Gasteiger partial charge in [0.15, 0.2) is 6.61 Å². The molecule has 12 heteroatoms. The van der Waals surface area contributed by atoms with E-state index in [-0.39, 0.29) is 36.8 Å². The summed E-state index contributed by atoms with van der Waals surface area (Å²) in [5, 5.41) is 11.7. The van der Waals surface area contributed by atoms with E-state index in [2.05, 4.69) is 5.32 Å². The number of amidine groups is 1. The lowest BCUT2D eigenvalue weighted by atomic mass is 10.1. The second-order valence-electron chi connectivity index (χ2n) is 7.53. The molecule has 2 aromatic rings. The lowest BCUT2D eigenvalue weighted by molar-refractivity contribution is -0.171. The predicted octanol–water partition coefficient (Wildman–Crippen LogP) is 1.73. The van der Waals surface area contributed by atoms with Crippen LogP contribution >= 0.6 is 0 Å². The third-order valence-corrected chi connectivity index (χ3v) is 5.08. The van der Waals surface area contributed by atoms with E-state index in [9.17, 15) is 27.6 Å². The molecule has 3 amide bonds. The van der Waals surface area contributed by atoms with E-state index in [4.69, 9.17) is 14.9 Å². The van der Waals surface area contributed by atoms with Crippen molar-refractivity contribution in [2.75, 3.05) is 32.9 Å². The van der Waals surface area contributed by atoms with Gasteiger partial charge >= 0.3 is 12.1 Å². The maximum absolute atomic E-state index is 12.6. The van der Waals surface area contributed by atoms with Gasteiger partial charge in [-0.2, -0.15) is 13.2 Å².